The van der Waals surface area contributed by atoms with Crippen molar-refractivity contribution in [1.82, 2.24) is 9.55 Å². The molecule has 2 aromatic heterocycles. The lowest BCUT2D eigenvalue weighted by atomic mass is 9.80. The highest BCUT2D eigenvalue weighted by atomic mass is 16.5. The van der Waals surface area contributed by atoms with Crippen molar-refractivity contribution < 1.29 is 4.74 Å². The van der Waals surface area contributed by atoms with E-state index in [2.05, 4.69) is 258 Å². The van der Waals surface area contributed by atoms with Gasteiger partial charge in [0.2, 0.25) is 0 Å². The van der Waals surface area contributed by atoms with Crippen LogP contribution in [-0.2, 0) is 10.8 Å². The molecule has 0 bridgehead atoms. The van der Waals surface area contributed by atoms with Crippen LogP contribution in [-0.4, -0.2) is 16.2 Å². The predicted octanol–water partition coefficient (Wildman–Crippen LogP) is 17.4. The molecule has 0 spiro atoms. The number of benzene rings is 8. The van der Waals surface area contributed by atoms with Crippen LogP contribution in [0, 0.1) is 13.8 Å². The van der Waals surface area contributed by atoms with Crippen LogP contribution in [0.5, 0.6) is 11.5 Å². The molecule has 11 rings (SSSR count). The fraction of sp³-hybridized carbons (Fsp3) is 0.172. The van der Waals surface area contributed by atoms with Gasteiger partial charge in [-0.05, 0) is 135 Å². The van der Waals surface area contributed by atoms with Gasteiger partial charge in [-0.1, -0.05) is 157 Å². The van der Waals surface area contributed by atoms with Crippen LogP contribution < -0.4 is 14.5 Å². The normalized spacial score (nSPS) is 12.8. The lowest BCUT2D eigenvalue weighted by Crippen LogP contribution is -2.25. The summed E-state index contributed by atoms with van der Waals surface area (Å²) < 4.78 is 9.11. The highest BCUT2D eigenvalue weighted by Gasteiger charge is 2.31. The maximum Gasteiger partial charge on any atom is 0.137 e. The number of hydrogen-bond donors (Lipinski definition) is 0. The van der Waals surface area contributed by atoms with E-state index < -0.39 is 0 Å². The Kier molecular flexibility index (Phi) is 10.8. The van der Waals surface area contributed by atoms with E-state index in [4.69, 9.17) is 9.72 Å². The number of aromatic nitrogens is 2. The molecule has 0 saturated carbocycles. The van der Waals surface area contributed by atoms with Crippen LogP contribution in [0.4, 0.5) is 22.7 Å². The van der Waals surface area contributed by atoms with Gasteiger partial charge in [-0.2, -0.15) is 0 Å². The third-order valence-corrected chi connectivity index (χ3v) is 13.9. The van der Waals surface area contributed by atoms with Gasteiger partial charge < -0.3 is 14.5 Å². The minimum Gasteiger partial charge on any atom is -0.457 e. The van der Waals surface area contributed by atoms with E-state index >= 15 is 0 Å². The number of nitrogens with zero attached hydrogens (tertiary/aromatic N) is 4. The molecule has 0 radical (unpaired) electrons. The van der Waals surface area contributed by atoms with Crippen LogP contribution in [0.15, 0.2) is 194 Å². The topological polar surface area (TPSA) is 33.5 Å². The van der Waals surface area contributed by atoms with E-state index in [0.29, 0.717) is 6.67 Å². The second-order valence-corrected chi connectivity index (χ2v) is 20.7. The molecule has 3 heterocycles. The summed E-state index contributed by atoms with van der Waals surface area (Å²) in [5, 5.41) is 2.32. The number of hydrogen-bond acceptors (Lipinski definition) is 4. The van der Waals surface area contributed by atoms with Crippen molar-refractivity contribution >= 4 is 44.6 Å². The number of anilines is 4. The van der Waals surface area contributed by atoms with E-state index in [1.807, 2.05) is 6.20 Å². The average molecular weight is 899 g/mol. The first-order chi connectivity index (χ1) is 33.3. The van der Waals surface area contributed by atoms with E-state index in [9.17, 15) is 0 Å². The van der Waals surface area contributed by atoms with Gasteiger partial charge in [0, 0.05) is 46.0 Å². The fourth-order valence-corrected chi connectivity index (χ4v) is 9.98. The summed E-state index contributed by atoms with van der Waals surface area (Å²) >= 11 is 0. The smallest absolute Gasteiger partial charge is 0.137 e. The summed E-state index contributed by atoms with van der Waals surface area (Å²) in [6.07, 6.45) is 2.03. The predicted molar refractivity (Wildman–Crippen MR) is 290 cm³/mol. The molecule has 8 aromatic carbocycles. The molecule has 340 valence electrons. The molecule has 5 nitrogen and oxygen atoms in total. The zero-order chi connectivity index (χ0) is 47.6. The summed E-state index contributed by atoms with van der Waals surface area (Å²) in [7, 11) is 0. The molecule has 69 heavy (non-hydrogen) atoms. The van der Waals surface area contributed by atoms with Crippen LogP contribution >= 0.6 is 0 Å². The first kappa shape index (κ1) is 43.7. The second-order valence-electron chi connectivity index (χ2n) is 20.7. The minimum atomic E-state index is -0.0109. The van der Waals surface area contributed by atoms with Gasteiger partial charge in [0.25, 0.3) is 0 Å². The fourth-order valence-electron chi connectivity index (χ4n) is 9.98. The number of para-hydroxylation sites is 1. The van der Waals surface area contributed by atoms with Crippen molar-refractivity contribution in [3.05, 3.63) is 217 Å². The zero-order valence-corrected chi connectivity index (χ0v) is 40.9. The Labute approximate surface area is 406 Å². The van der Waals surface area contributed by atoms with Crippen molar-refractivity contribution in [2.45, 2.75) is 66.2 Å². The standard InChI is InChI=1S/C64H58N4O/c1-42-32-46(44-18-11-9-12-19-44)26-29-54(42)57-40-65-62(33-43(57)2)68-58-25-16-15-24-55(58)56-30-28-53(39-60(56)68)69-52-23-17-22-50(38-52)66-41-67(51-36-48(63(3,4)5)35-49(37-51)64(6,7)8)61-34-47(27-31-59(61)66)45-20-13-10-14-21-45/h9-40H,41H2,1-8H3. The second kappa shape index (κ2) is 17.0. The van der Waals surface area contributed by atoms with E-state index in [0.717, 1.165) is 50.7 Å². The number of pyridine rings is 1. The average Bonchev–Trinajstić information content (AvgIpc) is 3.90. The molecular formula is C64H58N4O. The van der Waals surface area contributed by atoms with Crippen LogP contribution in [0.1, 0.15) is 63.8 Å². The van der Waals surface area contributed by atoms with Gasteiger partial charge in [0.1, 0.15) is 24.0 Å². The van der Waals surface area contributed by atoms with Crippen molar-refractivity contribution in [1.29, 1.82) is 0 Å². The summed E-state index contributed by atoms with van der Waals surface area (Å²) in [5.74, 6) is 2.40. The van der Waals surface area contributed by atoms with Gasteiger partial charge in [-0.25, -0.2) is 4.98 Å². The Bertz CT molecular complexity index is 3520. The zero-order valence-electron chi connectivity index (χ0n) is 40.9. The Morgan fingerprint density at radius 2 is 1.04 bits per heavy atom. The maximum absolute atomic E-state index is 6.84. The van der Waals surface area contributed by atoms with Crippen LogP contribution in [0.25, 0.3) is 61.0 Å². The third kappa shape index (κ3) is 8.22. The van der Waals surface area contributed by atoms with Crippen LogP contribution in [0.3, 0.4) is 0 Å². The Balaban J connectivity index is 0.942. The molecular weight excluding hydrogens is 841 g/mol. The first-order valence-electron chi connectivity index (χ1n) is 24.1. The van der Waals surface area contributed by atoms with E-state index in [-0.39, 0.29) is 10.8 Å². The highest BCUT2D eigenvalue weighted by molar-refractivity contribution is 6.09. The van der Waals surface area contributed by atoms with Crippen molar-refractivity contribution in [2.24, 2.45) is 0 Å². The summed E-state index contributed by atoms with van der Waals surface area (Å²) in [6, 6.07) is 67.8. The SMILES string of the molecule is Cc1cc(-c2ccccc2)ccc1-c1cnc(-n2c3ccccc3c3ccc(Oc4cccc(N5CN(c6cc(C(C)(C)C)cc(C(C)(C)C)c6)c6cc(-c7ccccc7)ccc65)c4)cc32)cc1C. The number of ether oxygens (including phenoxy) is 1. The van der Waals surface area contributed by atoms with Gasteiger partial charge in [0.15, 0.2) is 0 Å². The molecule has 5 heteroatoms. The Morgan fingerprint density at radius 1 is 0.435 bits per heavy atom. The third-order valence-electron chi connectivity index (χ3n) is 13.9. The molecule has 1 aliphatic heterocycles. The van der Waals surface area contributed by atoms with Gasteiger partial charge >= 0.3 is 0 Å². The molecule has 0 N–H and O–H groups in total. The summed E-state index contributed by atoms with van der Waals surface area (Å²) in [5.41, 5.74) is 18.9. The molecule has 0 amide bonds. The quantitative estimate of drug-likeness (QED) is 0.152. The lowest BCUT2D eigenvalue weighted by molar-refractivity contribution is 0.483. The molecule has 0 fully saturated rings. The lowest BCUT2D eigenvalue weighted by Gasteiger charge is -2.29. The first-order valence-corrected chi connectivity index (χ1v) is 24.1. The number of fused-ring (bicyclic) bond motifs is 4. The highest BCUT2D eigenvalue weighted by Crippen LogP contribution is 2.48. The van der Waals surface area contributed by atoms with Gasteiger partial charge in [-0.3, -0.25) is 4.57 Å². The molecule has 1 aliphatic rings. The van der Waals surface area contributed by atoms with Crippen LogP contribution in [0.2, 0.25) is 0 Å². The van der Waals surface area contributed by atoms with Crippen molar-refractivity contribution in [3.8, 4) is 50.7 Å². The number of rotatable bonds is 8. The Hall–Kier alpha value is -7.89. The minimum absolute atomic E-state index is 0.0109. The van der Waals surface area contributed by atoms with Gasteiger partial charge in [-0.15, -0.1) is 0 Å². The van der Waals surface area contributed by atoms with Gasteiger partial charge in [0.05, 0.1) is 22.4 Å². The number of aryl methyl sites for hydroxylation is 2. The Morgan fingerprint density at radius 3 is 1.72 bits per heavy atom. The van der Waals surface area contributed by atoms with E-state index in [1.165, 1.54) is 66.8 Å². The van der Waals surface area contributed by atoms with E-state index in [1.54, 1.807) is 0 Å². The maximum atomic E-state index is 6.84. The summed E-state index contributed by atoms with van der Waals surface area (Å²) in [6.45, 7) is 18.9. The van der Waals surface area contributed by atoms with Crippen molar-refractivity contribution in [2.75, 3.05) is 16.5 Å². The molecule has 10 aromatic rings. The largest absolute Gasteiger partial charge is 0.457 e. The summed E-state index contributed by atoms with van der Waals surface area (Å²) in [4.78, 5) is 10.1. The molecule has 0 saturated heterocycles. The molecule has 0 unspecified atom stereocenters. The van der Waals surface area contributed by atoms with Crippen molar-refractivity contribution in [3.63, 3.8) is 0 Å². The monoisotopic (exact) mass is 898 g/mol. The molecule has 0 aliphatic carbocycles. The molecule has 0 atom stereocenters.